The van der Waals surface area contributed by atoms with Crippen molar-refractivity contribution in [1.29, 1.82) is 0 Å². The van der Waals surface area contributed by atoms with Crippen molar-refractivity contribution in [2.24, 2.45) is 0 Å². The first kappa shape index (κ1) is 15.4. The molecule has 0 aliphatic rings. The number of nitrogens with one attached hydrogen (secondary N) is 3. The molecule has 21 heavy (non-hydrogen) atoms. The van der Waals surface area contributed by atoms with Gasteiger partial charge in [-0.15, -0.1) is 11.3 Å². The third kappa shape index (κ3) is 5.49. The minimum absolute atomic E-state index is 0.173. The van der Waals surface area contributed by atoms with E-state index >= 15 is 0 Å². The van der Waals surface area contributed by atoms with Crippen LogP contribution >= 0.6 is 23.6 Å². The van der Waals surface area contributed by atoms with Crippen molar-refractivity contribution in [3.63, 3.8) is 0 Å². The van der Waals surface area contributed by atoms with E-state index in [0.717, 1.165) is 16.3 Å². The summed E-state index contributed by atoms with van der Waals surface area (Å²) in [4.78, 5) is 15.9. The number of aryl methyl sites for hydroxylation is 1. The fourth-order valence-corrected chi connectivity index (χ4v) is 2.51. The highest BCUT2D eigenvalue weighted by molar-refractivity contribution is 7.80. The normalized spacial score (nSPS) is 9.95. The van der Waals surface area contributed by atoms with Gasteiger partial charge in [-0.3, -0.25) is 15.6 Å². The number of thiazole rings is 1. The Morgan fingerprint density at radius 2 is 2.05 bits per heavy atom. The Bertz CT molecular complexity index is 612. The smallest absolute Gasteiger partial charge is 0.245 e. The van der Waals surface area contributed by atoms with E-state index in [9.17, 15) is 4.79 Å². The minimum Gasteiger partial charge on any atom is -0.357 e. The molecule has 0 bridgehead atoms. The molecule has 110 valence electrons. The highest BCUT2D eigenvalue weighted by Crippen LogP contribution is 2.08. The van der Waals surface area contributed by atoms with Gasteiger partial charge < -0.3 is 5.32 Å². The van der Waals surface area contributed by atoms with Gasteiger partial charge >= 0.3 is 0 Å². The van der Waals surface area contributed by atoms with Gasteiger partial charge in [0.05, 0.1) is 6.42 Å². The fourth-order valence-electron chi connectivity index (χ4n) is 1.61. The topological polar surface area (TPSA) is 66.1 Å². The van der Waals surface area contributed by atoms with Gasteiger partial charge in [0, 0.05) is 17.6 Å². The van der Waals surface area contributed by atoms with Gasteiger partial charge in [0.25, 0.3) is 0 Å². The summed E-state index contributed by atoms with van der Waals surface area (Å²) in [6, 6.07) is 9.88. The number of aromatic nitrogens is 1. The van der Waals surface area contributed by atoms with Gasteiger partial charge in [0.2, 0.25) is 5.91 Å². The second-order valence-corrected chi connectivity index (χ2v) is 5.75. The van der Waals surface area contributed by atoms with Crippen molar-refractivity contribution in [3.05, 3.63) is 52.0 Å². The number of benzene rings is 1. The predicted molar refractivity (Wildman–Crippen MR) is 87.7 cm³/mol. The molecule has 0 aliphatic heterocycles. The van der Waals surface area contributed by atoms with E-state index in [-0.39, 0.29) is 12.3 Å². The van der Waals surface area contributed by atoms with E-state index < -0.39 is 0 Å². The number of nitrogens with zero attached hydrogens (tertiary/aromatic N) is 1. The molecule has 7 heteroatoms. The molecule has 0 saturated carbocycles. The van der Waals surface area contributed by atoms with Gasteiger partial charge in [-0.2, -0.15) is 0 Å². The fraction of sp³-hybridized carbons (Fsp3) is 0.214. The van der Waals surface area contributed by atoms with Crippen molar-refractivity contribution in [2.75, 3.05) is 0 Å². The van der Waals surface area contributed by atoms with Gasteiger partial charge in [-0.05, 0) is 24.7 Å². The van der Waals surface area contributed by atoms with E-state index in [2.05, 4.69) is 21.2 Å². The molecule has 1 aromatic carbocycles. The molecule has 0 aliphatic carbocycles. The molecular weight excluding hydrogens is 304 g/mol. The Morgan fingerprint density at radius 3 is 2.71 bits per heavy atom. The van der Waals surface area contributed by atoms with E-state index in [4.69, 9.17) is 12.2 Å². The van der Waals surface area contributed by atoms with Gasteiger partial charge in [-0.25, -0.2) is 4.98 Å². The molecule has 0 unspecified atom stereocenters. The molecule has 1 amide bonds. The molecule has 2 aromatic rings. The maximum absolute atomic E-state index is 11.7. The van der Waals surface area contributed by atoms with E-state index in [1.54, 1.807) is 0 Å². The van der Waals surface area contributed by atoms with Crippen LogP contribution in [0, 0.1) is 6.92 Å². The van der Waals surface area contributed by atoms with Crippen LogP contribution in [0.3, 0.4) is 0 Å². The third-order valence-electron chi connectivity index (χ3n) is 2.59. The predicted octanol–water partition coefficient (Wildman–Crippen LogP) is 1.69. The summed E-state index contributed by atoms with van der Waals surface area (Å²) in [5, 5.41) is 6.10. The molecule has 0 spiro atoms. The lowest BCUT2D eigenvalue weighted by molar-refractivity contribution is -0.121. The molecule has 0 saturated heterocycles. The summed E-state index contributed by atoms with van der Waals surface area (Å²) in [5.74, 6) is -0.173. The molecule has 3 N–H and O–H groups in total. The lowest BCUT2D eigenvalue weighted by Crippen LogP contribution is -2.47. The summed E-state index contributed by atoms with van der Waals surface area (Å²) in [6.45, 7) is 2.51. The lowest BCUT2D eigenvalue weighted by Gasteiger charge is -2.11. The largest absolute Gasteiger partial charge is 0.357 e. The van der Waals surface area contributed by atoms with Crippen molar-refractivity contribution in [1.82, 2.24) is 21.2 Å². The summed E-state index contributed by atoms with van der Waals surface area (Å²) in [5.41, 5.74) is 7.27. The molecule has 2 rings (SSSR count). The summed E-state index contributed by atoms with van der Waals surface area (Å²) in [7, 11) is 0. The van der Waals surface area contributed by atoms with E-state index in [1.165, 1.54) is 11.3 Å². The molecule has 1 aromatic heterocycles. The van der Waals surface area contributed by atoms with E-state index in [0.29, 0.717) is 11.7 Å². The Morgan fingerprint density at radius 1 is 1.29 bits per heavy atom. The summed E-state index contributed by atoms with van der Waals surface area (Å²) in [6.07, 6.45) is 0.243. The van der Waals surface area contributed by atoms with Gasteiger partial charge in [0.15, 0.2) is 5.11 Å². The highest BCUT2D eigenvalue weighted by atomic mass is 32.1. The molecule has 0 fully saturated rings. The van der Waals surface area contributed by atoms with Crippen molar-refractivity contribution in [2.45, 2.75) is 19.9 Å². The summed E-state index contributed by atoms with van der Waals surface area (Å²) < 4.78 is 0. The van der Waals surface area contributed by atoms with Crippen LogP contribution in [-0.2, 0) is 17.8 Å². The van der Waals surface area contributed by atoms with Crippen LogP contribution in [0.15, 0.2) is 35.7 Å². The zero-order chi connectivity index (χ0) is 15.1. The van der Waals surface area contributed by atoms with Crippen molar-refractivity contribution < 1.29 is 4.79 Å². The minimum atomic E-state index is -0.173. The molecule has 1 heterocycles. The second kappa shape index (κ2) is 7.70. The first-order chi connectivity index (χ1) is 10.1. The number of hydrazine groups is 1. The van der Waals surface area contributed by atoms with Crippen LogP contribution in [0.25, 0.3) is 0 Å². The first-order valence-electron chi connectivity index (χ1n) is 6.41. The second-order valence-electron chi connectivity index (χ2n) is 4.40. The Kier molecular flexibility index (Phi) is 5.65. The number of hydrogen-bond donors (Lipinski definition) is 3. The number of thiocarbonyl (C=S) groups is 1. The van der Waals surface area contributed by atoms with E-state index in [1.807, 2.05) is 42.6 Å². The van der Waals surface area contributed by atoms with Gasteiger partial charge in [-0.1, -0.05) is 30.3 Å². The Labute approximate surface area is 132 Å². The number of carbonyl (C=O) groups is 1. The van der Waals surface area contributed by atoms with Crippen LogP contribution in [-0.4, -0.2) is 16.0 Å². The van der Waals surface area contributed by atoms with Crippen LogP contribution in [0.1, 0.15) is 16.3 Å². The van der Waals surface area contributed by atoms with Crippen LogP contribution < -0.4 is 16.2 Å². The number of amides is 1. The third-order valence-corrected chi connectivity index (χ3v) is 3.80. The molecular formula is C14H16N4OS2. The summed E-state index contributed by atoms with van der Waals surface area (Å²) >= 11 is 6.56. The zero-order valence-corrected chi connectivity index (χ0v) is 13.2. The van der Waals surface area contributed by atoms with Gasteiger partial charge in [0.1, 0.15) is 5.01 Å². The number of carbonyl (C=O) groups excluding carboxylic acids is 1. The Balaban J connectivity index is 1.67. The monoisotopic (exact) mass is 320 g/mol. The highest BCUT2D eigenvalue weighted by Gasteiger charge is 2.06. The zero-order valence-electron chi connectivity index (χ0n) is 11.6. The van der Waals surface area contributed by atoms with Crippen LogP contribution in [0.5, 0.6) is 0 Å². The van der Waals surface area contributed by atoms with Crippen molar-refractivity contribution in [3.8, 4) is 0 Å². The average molecular weight is 320 g/mol. The molecule has 5 nitrogen and oxygen atoms in total. The lowest BCUT2D eigenvalue weighted by atomic mass is 10.2. The van der Waals surface area contributed by atoms with Crippen LogP contribution in [0.2, 0.25) is 0 Å². The Hall–Kier alpha value is -1.99. The molecule has 0 radical (unpaired) electrons. The maximum Gasteiger partial charge on any atom is 0.245 e. The number of hydrogen-bond acceptors (Lipinski definition) is 4. The number of rotatable bonds is 4. The quantitative estimate of drug-likeness (QED) is 0.591. The standard InChI is InChI=1S/C14H16N4OS2/c1-10-9-21-13(16-10)7-12(19)17-18-14(20)15-8-11-5-3-2-4-6-11/h2-6,9H,7-8H2,1H3,(H,17,19)(H2,15,18,20). The maximum atomic E-state index is 11.7. The van der Waals surface area contributed by atoms with Crippen molar-refractivity contribution >= 4 is 34.6 Å². The average Bonchev–Trinajstić information content (AvgIpc) is 2.89. The SMILES string of the molecule is Cc1csc(CC(=O)NNC(=S)NCc2ccccc2)n1. The molecule has 0 atom stereocenters. The van der Waals surface area contributed by atoms with Crippen LogP contribution in [0.4, 0.5) is 0 Å². The first-order valence-corrected chi connectivity index (χ1v) is 7.70.